The summed E-state index contributed by atoms with van der Waals surface area (Å²) < 4.78 is 0. The molecule has 3 rings (SSSR count). The van der Waals surface area contributed by atoms with Gasteiger partial charge in [0.05, 0.1) is 5.75 Å². The number of hydrogen-bond donors (Lipinski definition) is 1. The van der Waals surface area contributed by atoms with Gasteiger partial charge in [-0.15, -0.1) is 11.3 Å². The van der Waals surface area contributed by atoms with Crippen molar-refractivity contribution >= 4 is 39.2 Å². The molecule has 0 saturated carbocycles. The van der Waals surface area contributed by atoms with E-state index in [-0.39, 0.29) is 5.91 Å². The fraction of sp³-hybridized carbons (Fsp3) is 0.294. The van der Waals surface area contributed by atoms with Crippen molar-refractivity contribution in [2.75, 3.05) is 12.3 Å². The van der Waals surface area contributed by atoms with Gasteiger partial charge in [-0.05, 0) is 31.5 Å². The number of pyridine rings is 1. The molecule has 0 aliphatic carbocycles. The van der Waals surface area contributed by atoms with E-state index in [2.05, 4.69) is 34.1 Å². The lowest BCUT2D eigenvalue weighted by molar-refractivity contribution is -0.118. The first-order valence-corrected chi connectivity index (χ1v) is 9.45. The van der Waals surface area contributed by atoms with Crippen molar-refractivity contribution in [2.45, 2.75) is 25.3 Å². The summed E-state index contributed by atoms with van der Waals surface area (Å²) in [5.41, 5.74) is 2.18. The minimum atomic E-state index is 0.00676. The molecule has 5 nitrogen and oxygen atoms in total. The lowest BCUT2D eigenvalue weighted by atomic mass is 10.2. The molecule has 0 unspecified atom stereocenters. The molecule has 124 valence electrons. The second kappa shape index (κ2) is 7.72. The second-order valence-electron chi connectivity index (χ2n) is 5.35. The van der Waals surface area contributed by atoms with Gasteiger partial charge in [-0.1, -0.05) is 17.8 Å². The smallest absolute Gasteiger partial charge is 0.230 e. The lowest BCUT2D eigenvalue weighted by Gasteiger charge is -2.05. The number of thioether (sulfide) groups is 1. The quantitative estimate of drug-likeness (QED) is 0.541. The second-order valence-corrected chi connectivity index (χ2v) is 7.52. The minimum Gasteiger partial charge on any atom is -0.355 e. The van der Waals surface area contributed by atoms with Gasteiger partial charge in [-0.3, -0.25) is 9.78 Å². The molecule has 24 heavy (non-hydrogen) atoms. The summed E-state index contributed by atoms with van der Waals surface area (Å²) in [5, 5.41) is 4.88. The summed E-state index contributed by atoms with van der Waals surface area (Å²) in [4.78, 5) is 27.2. The van der Waals surface area contributed by atoms with E-state index in [4.69, 9.17) is 0 Å². The van der Waals surface area contributed by atoms with Crippen LogP contribution >= 0.6 is 23.1 Å². The standard InChI is InChI=1S/C17H18N4OS2/c1-11-12(2)24-17-15(11)16(20-10-21-17)23-9-14(22)19-8-6-13-5-3-4-7-18-13/h3-5,7,10H,6,8-9H2,1-2H3,(H,19,22). The number of nitrogens with one attached hydrogen (secondary N) is 1. The number of nitrogens with zero attached hydrogens (tertiary/aromatic N) is 3. The molecular formula is C17H18N4OS2. The van der Waals surface area contributed by atoms with Crippen LogP contribution in [0.15, 0.2) is 35.7 Å². The van der Waals surface area contributed by atoms with Gasteiger partial charge in [0.15, 0.2) is 0 Å². The molecule has 1 N–H and O–H groups in total. The highest BCUT2D eigenvalue weighted by atomic mass is 32.2. The molecule has 0 fully saturated rings. The van der Waals surface area contributed by atoms with Gasteiger partial charge in [-0.2, -0.15) is 0 Å². The van der Waals surface area contributed by atoms with Crippen LogP contribution in [0.5, 0.6) is 0 Å². The van der Waals surface area contributed by atoms with Gasteiger partial charge in [0.2, 0.25) is 5.91 Å². The molecule has 0 aliphatic heterocycles. The predicted molar refractivity (Wildman–Crippen MR) is 98.6 cm³/mol. The number of aromatic nitrogens is 3. The zero-order chi connectivity index (χ0) is 16.9. The van der Waals surface area contributed by atoms with E-state index in [1.54, 1.807) is 23.9 Å². The van der Waals surface area contributed by atoms with Gasteiger partial charge >= 0.3 is 0 Å². The summed E-state index contributed by atoms with van der Waals surface area (Å²) in [6.45, 7) is 4.75. The maximum Gasteiger partial charge on any atom is 0.230 e. The van der Waals surface area contributed by atoms with Crippen molar-refractivity contribution in [3.05, 3.63) is 46.9 Å². The van der Waals surface area contributed by atoms with Crippen LogP contribution < -0.4 is 5.32 Å². The van der Waals surface area contributed by atoms with Crippen LogP contribution in [-0.4, -0.2) is 33.2 Å². The van der Waals surface area contributed by atoms with Crippen LogP contribution in [0.4, 0.5) is 0 Å². The van der Waals surface area contributed by atoms with Crippen molar-refractivity contribution in [1.29, 1.82) is 0 Å². The number of rotatable bonds is 6. The molecule has 0 spiro atoms. The number of carbonyl (C=O) groups excluding carboxylic acids is 1. The monoisotopic (exact) mass is 358 g/mol. The normalized spacial score (nSPS) is 10.9. The molecule has 0 atom stereocenters. The van der Waals surface area contributed by atoms with Crippen LogP contribution in [0.3, 0.4) is 0 Å². The molecule has 3 aromatic rings. The molecule has 0 aromatic carbocycles. The van der Waals surface area contributed by atoms with Gasteiger partial charge in [0, 0.05) is 35.1 Å². The predicted octanol–water partition coefficient (Wildman–Crippen LogP) is 3.15. The van der Waals surface area contributed by atoms with E-state index in [0.717, 1.165) is 27.4 Å². The van der Waals surface area contributed by atoms with E-state index < -0.39 is 0 Å². The summed E-state index contributed by atoms with van der Waals surface area (Å²) in [7, 11) is 0. The molecule has 7 heteroatoms. The summed E-state index contributed by atoms with van der Waals surface area (Å²) in [6, 6.07) is 5.79. The van der Waals surface area contributed by atoms with E-state index in [9.17, 15) is 4.79 Å². The number of amides is 1. The van der Waals surface area contributed by atoms with E-state index in [1.165, 1.54) is 22.2 Å². The van der Waals surface area contributed by atoms with Crippen molar-refractivity contribution in [2.24, 2.45) is 0 Å². The van der Waals surface area contributed by atoms with Crippen LogP contribution in [0, 0.1) is 13.8 Å². The van der Waals surface area contributed by atoms with Crippen molar-refractivity contribution in [3.63, 3.8) is 0 Å². The summed E-state index contributed by atoms with van der Waals surface area (Å²) >= 11 is 3.13. The Bertz CT molecular complexity index is 848. The highest BCUT2D eigenvalue weighted by Crippen LogP contribution is 2.34. The molecule has 0 aliphatic rings. The maximum absolute atomic E-state index is 12.0. The van der Waals surface area contributed by atoms with E-state index in [1.807, 2.05) is 18.2 Å². The number of hydrogen-bond acceptors (Lipinski definition) is 6. The Kier molecular flexibility index (Phi) is 5.42. The van der Waals surface area contributed by atoms with Crippen LogP contribution in [0.1, 0.15) is 16.1 Å². The Labute approximate surface area is 148 Å². The van der Waals surface area contributed by atoms with Crippen molar-refractivity contribution < 1.29 is 4.79 Å². The first-order valence-electron chi connectivity index (χ1n) is 7.65. The topological polar surface area (TPSA) is 67.8 Å². The van der Waals surface area contributed by atoms with Gasteiger partial charge in [0.1, 0.15) is 16.2 Å². The zero-order valence-electron chi connectivity index (χ0n) is 13.6. The SMILES string of the molecule is Cc1sc2ncnc(SCC(=O)NCCc3ccccn3)c2c1C. The number of aryl methyl sites for hydroxylation is 2. The van der Waals surface area contributed by atoms with E-state index in [0.29, 0.717) is 12.3 Å². The van der Waals surface area contributed by atoms with Crippen LogP contribution in [-0.2, 0) is 11.2 Å². The first-order chi connectivity index (χ1) is 11.6. The van der Waals surface area contributed by atoms with Crippen molar-refractivity contribution in [3.8, 4) is 0 Å². The molecule has 3 aromatic heterocycles. The molecule has 0 saturated heterocycles. The Hall–Kier alpha value is -1.99. The highest BCUT2D eigenvalue weighted by molar-refractivity contribution is 8.00. The minimum absolute atomic E-state index is 0.00676. The average molecular weight is 358 g/mol. The van der Waals surface area contributed by atoms with E-state index >= 15 is 0 Å². The van der Waals surface area contributed by atoms with Crippen LogP contribution in [0.25, 0.3) is 10.2 Å². The number of thiophene rings is 1. The third-order valence-electron chi connectivity index (χ3n) is 3.70. The molecule has 1 amide bonds. The zero-order valence-corrected chi connectivity index (χ0v) is 15.2. The number of carbonyl (C=O) groups is 1. The largest absolute Gasteiger partial charge is 0.355 e. The third kappa shape index (κ3) is 3.91. The molecular weight excluding hydrogens is 340 g/mol. The fourth-order valence-corrected chi connectivity index (χ4v) is 4.27. The van der Waals surface area contributed by atoms with Gasteiger partial charge in [-0.25, -0.2) is 9.97 Å². The number of fused-ring (bicyclic) bond motifs is 1. The Morgan fingerprint density at radius 1 is 1.25 bits per heavy atom. The van der Waals surface area contributed by atoms with Crippen LogP contribution in [0.2, 0.25) is 0 Å². The Balaban J connectivity index is 1.55. The Morgan fingerprint density at radius 2 is 2.12 bits per heavy atom. The fourth-order valence-electron chi connectivity index (χ4n) is 2.32. The first kappa shape index (κ1) is 16.9. The Morgan fingerprint density at radius 3 is 2.92 bits per heavy atom. The van der Waals surface area contributed by atoms with Gasteiger partial charge in [0.25, 0.3) is 0 Å². The lowest BCUT2D eigenvalue weighted by Crippen LogP contribution is -2.27. The molecule has 0 bridgehead atoms. The maximum atomic E-state index is 12.0. The highest BCUT2D eigenvalue weighted by Gasteiger charge is 2.13. The third-order valence-corrected chi connectivity index (χ3v) is 5.80. The summed E-state index contributed by atoms with van der Waals surface area (Å²) in [5.74, 6) is 0.357. The van der Waals surface area contributed by atoms with Gasteiger partial charge < -0.3 is 5.32 Å². The average Bonchev–Trinajstić information content (AvgIpc) is 2.89. The molecule has 0 radical (unpaired) electrons. The van der Waals surface area contributed by atoms with Crippen molar-refractivity contribution in [1.82, 2.24) is 20.3 Å². The summed E-state index contributed by atoms with van der Waals surface area (Å²) in [6.07, 6.45) is 4.06. The molecule has 3 heterocycles.